The van der Waals surface area contributed by atoms with Crippen molar-refractivity contribution in [3.05, 3.63) is 76.9 Å². The zero-order valence-electron chi connectivity index (χ0n) is 14.8. The van der Waals surface area contributed by atoms with E-state index in [9.17, 15) is 9.59 Å². The van der Waals surface area contributed by atoms with E-state index in [1.165, 1.54) is 11.8 Å². The maximum atomic E-state index is 13.2. The number of para-hydroxylation sites is 2. The number of hydrogen-bond donors (Lipinski definition) is 1. The van der Waals surface area contributed by atoms with Gasteiger partial charge in [-0.3, -0.25) is 9.59 Å². The van der Waals surface area contributed by atoms with Gasteiger partial charge in [0.25, 0.3) is 5.91 Å². The molecule has 0 aliphatic carbocycles. The van der Waals surface area contributed by atoms with Crippen molar-refractivity contribution in [2.45, 2.75) is 16.3 Å². The molecule has 1 aliphatic rings. The second-order valence-corrected chi connectivity index (χ2v) is 8.05. The maximum Gasteiger partial charge on any atom is 0.261 e. The van der Waals surface area contributed by atoms with Gasteiger partial charge in [0, 0.05) is 28.5 Å². The average Bonchev–Trinajstić information content (AvgIpc) is 2.82. The minimum absolute atomic E-state index is 0.144. The van der Waals surface area contributed by atoms with Crippen molar-refractivity contribution >= 4 is 50.9 Å². The number of nitrogens with zero attached hydrogens (tertiary/aromatic N) is 2. The van der Waals surface area contributed by atoms with Gasteiger partial charge in [-0.25, -0.2) is 4.98 Å². The Hall–Kier alpha value is -2.64. The molecule has 28 heavy (non-hydrogen) atoms. The largest absolute Gasteiger partial charge is 0.325 e. The summed E-state index contributed by atoms with van der Waals surface area (Å²) in [5.41, 5.74) is 2.05. The zero-order valence-corrected chi connectivity index (χ0v) is 17.2. The number of amides is 2. The number of anilines is 2. The first kappa shape index (κ1) is 18.7. The molecule has 4 rings (SSSR count). The number of rotatable bonds is 4. The molecule has 5 nitrogen and oxygen atoms in total. The summed E-state index contributed by atoms with van der Waals surface area (Å²) in [7, 11) is 0. The number of carbonyl (C=O) groups is 2. The van der Waals surface area contributed by atoms with Crippen LogP contribution in [0.5, 0.6) is 0 Å². The smallest absolute Gasteiger partial charge is 0.261 e. The molecule has 0 fully saturated rings. The molecule has 1 N–H and O–H groups in total. The third-order valence-corrected chi connectivity index (χ3v) is 6.10. The van der Waals surface area contributed by atoms with Crippen molar-refractivity contribution in [2.24, 2.45) is 0 Å². The van der Waals surface area contributed by atoms with Crippen molar-refractivity contribution in [3.8, 4) is 0 Å². The molecule has 0 spiro atoms. The van der Waals surface area contributed by atoms with Crippen molar-refractivity contribution in [1.82, 2.24) is 4.98 Å². The van der Waals surface area contributed by atoms with Crippen LogP contribution in [-0.4, -0.2) is 23.3 Å². The van der Waals surface area contributed by atoms with Crippen LogP contribution in [0.2, 0.25) is 0 Å². The van der Waals surface area contributed by atoms with E-state index in [4.69, 9.17) is 0 Å². The van der Waals surface area contributed by atoms with Gasteiger partial charge in [-0.1, -0.05) is 36.0 Å². The molecule has 0 atom stereocenters. The first-order valence-corrected chi connectivity index (χ1v) is 10.3. The lowest BCUT2D eigenvalue weighted by atomic mass is 10.2. The number of fused-ring (bicyclic) bond motifs is 2. The highest BCUT2D eigenvalue weighted by molar-refractivity contribution is 9.10. The van der Waals surface area contributed by atoms with E-state index in [1.54, 1.807) is 23.2 Å². The van der Waals surface area contributed by atoms with E-state index < -0.39 is 0 Å². The molecule has 140 valence electrons. The summed E-state index contributed by atoms with van der Waals surface area (Å²) in [6.45, 7) is 0.279. The third kappa shape index (κ3) is 3.81. The van der Waals surface area contributed by atoms with Gasteiger partial charge in [-0.15, -0.1) is 0 Å². The second-order valence-electron chi connectivity index (χ2n) is 6.16. The summed E-state index contributed by atoms with van der Waals surface area (Å²) in [4.78, 5) is 32.6. The van der Waals surface area contributed by atoms with Crippen molar-refractivity contribution in [3.63, 3.8) is 0 Å². The Kier molecular flexibility index (Phi) is 5.45. The number of nitrogens with one attached hydrogen (secondary N) is 1. The summed E-state index contributed by atoms with van der Waals surface area (Å²) in [6.07, 6.45) is 1.87. The van der Waals surface area contributed by atoms with Gasteiger partial charge in [-0.05, 0) is 52.3 Å². The summed E-state index contributed by atoms with van der Waals surface area (Å²) in [5.74, 6) is -0.297. The van der Waals surface area contributed by atoms with Crippen LogP contribution < -0.4 is 10.2 Å². The molecule has 0 saturated carbocycles. The lowest BCUT2D eigenvalue weighted by Crippen LogP contribution is -2.34. The SMILES string of the molecule is O=C(CCN1C(=O)c2cccnc2Sc2ccccc21)Nc1ccccc1Br. The molecule has 0 bridgehead atoms. The number of hydrogen-bond acceptors (Lipinski definition) is 4. The molecular formula is C21H16BrN3O2S. The third-order valence-electron chi connectivity index (χ3n) is 4.32. The predicted molar refractivity (Wildman–Crippen MR) is 114 cm³/mol. The van der Waals surface area contributed by atoms with Crippen LogP contribution in [0.4, 0.5) is 11.4 Å². The molecule has 0 saturated heterocycles. The molecule has 0 radical (unpaired) electrons. The van der Waals surface area contributed by atoms with Crippen LogP contribution in [-0.2, 0) is 4.79 Å². The Morgan fingerprint density at radius 3 is 2.71 bits per heavy atom. The van der Waals surface area contributed by atoms with Crippen LogP contribution in [0.25, 0.3) is 0 Å². The van der Waals surface area contributed by atoms with Crippen LogP contribution in [0, 0.1) is 0 Å². The highest BCUT2D eigenvalue weighted by Gasteiger charge is 2.28. The van der Waals surface area contributed by atoms with E-state index >= 15 is 0 Å². The van der Waals surface area contributed by atoms with Gasteiger partial charge in [0.15, 0.2) is 0 Å². The number of aromatic nitrogens is 1. The minimum Gasteiger partial charge on any atom is -0.325 e. The van der Waals surface area contributed by atoms with Crippen molar-refractivity contribution in [1.29, 1.82) is 0 Å². The van der Waals surface area contributed by atoms with Crippen LogP contribution in [0.15, 0.2) is 81.3 Å². The Labute approximate surface area is 175 Å². The van der Waals surface area contributed by atoms with E-state index in [1.807, 2.05) is 48.5 Å². The summed E-state index contributed by atoms with van der Waals surface area (Å²) in [6, 6.07) is 18.7. The van der Waals surface area contributed by atoms with Gasteiger partial charge in [0.2, 0.25) is 5.91 Å². The number of pyridine rings is 1. The van der Waals surface area contributed by atoms with Gasteiger partial charge >= 0.3 is 0 Å². The van der Waals surface area contributed by atoms with Crippen molar-refractivity contribution < 1.29 is 9.59 Å². The quantitative estimate of drug-likeness (QED) is 0.604. The van der Waals surface area contributed by atoms with Crippen LogP contribution in [0.1, 0.15) is 16.8 Å². The molecular weight excluding hydrogens is 438 g/mol. The molecule has 1 aromatic heterocycles. The normalized spacial score (nSPS) is 12.8. The summed E-state index contributed by atoms with van der Waals surface area (Å²) in [5, 5.41) is 3.56. The first-order valence-electron chi connectivity index (χ1n) is 8.71. The van der Waals surface area contributed by atoms with E-state index in [0.717, 1.165) is 15.1 Å². The van der Waals surface area contributed by atoms with Crippen LogP contribution >= 0.6 is 27.7 Å². The molecule has 2 amide bonds. The van der Waals surface area contributed by atoms with Crippen LogP contribution in [0.3, 0.4) is 0 Å². The van der Waals surface area contributed by atoms with Gasteiger partial charge < -0.3 is 10.2 Å². The zero-order chi connectivity index (χ0) is 19.5. The van der Waals surface area contributed by atoms with Gasteiger partial charge in [0.05, 0.1) is 16.9 Å². The number of carbonyl (C=O) groups excluding carboxylic acids is 2. The first-order chi connectivity index (χ1) is 13.6. The fourth-order valence-electron chi connectivity index (χ4n) is 2.97. The minimum atomic E-state index is -0.152. The van der Waals surface area contributed by atoms with Gasteiger partial charge in [-0.2, -0.15) is 0 Å². The highest BCUT2D eigenvalue weighted by Crippen LogP contribution is 2.40. The Balaban J connectivity index is 1.57. The number of benzene rings is 2. The lowest BCUT2D eigenvalue weighted by molar-refractivity contribution is -0.116. The molecule has 2 aromatic carbocycles. The van der Waals surface area contributed by atoms with E-state index in [-0.39, 0.29) is 24.8 Å². The van der Waals surface area contributed by atoms with Gasteiger partial charge in [0.1, 0.15) is 5.03 Å². The van der Waals surface area contributed by atoms with E-state index in [2.05, 4.69) is 26.2 Å². The summed E-state index contributed by atoms with van der Waals surface area (Å²) >= 11 is 4.89. The predicted octanol–water partition coefficient (Wildman–Crippen LogP) is 4.98. The Morgan fingerprint density at radius 1 is 1.07 bits per heavy atom. The lowest BCUT2D eigenvalue weighted by Gasteiger charge is -2.22. The fraction of sp³-hybridized carbons (Fsp3) is 0.0952. The van der Waals surface area contributed by atoms with E-state index in [0.29, 0.717) is 16.3 Å². The monoisotopic (exact) mass is 453 g/mol. The highest BCUT2D eigenvalue weighted by atomic mass is 79.9. The molecule has 0 unspecified atom stereocenters. The second kappa shape index (κ2) is 8.16. The Bertz CT molecular complexity index is 1060. The molecule has 7 heteroatoms. The fourth-order valence-corrected chi connectivity index (χ4v) is 4.37. The van der Waals surface area contributed by atoms with Crippen molar-refractivity contribution in [2.75, 3.05) is 16.8 Å². The maximum absolute atomic E-state index is 13.2. The average molecular weight is 454 g/mol. The topological polar surface area (TPSA) is 62.3 Å². The summed E-state index contributed by atoms with van der Waals surface area (Å²) < 4.78 is 0.816. The molecule has 2 heterocycles. The molecule has 3 aromatic rings. The number of halogens is 1. The Morgan fingerprint density at radius 2 is 1.86 bits per heavy atom. The molecule has 1 aliphatic heterocycles. The standard InChI is InChI=1S/C21H16BrN3O2S/c22-15-7-1-2-8-16(15)24-19(26)11-13-25-17-9-3-4-10-18(17)28-20-14(21(25)27)6-5-12-23-20/h1-10,12H,11,13H2,(H,24,26).